The zero-order chi connectivity index (χ0) is 13.9. The van der Waals surface area contributed by atoms with Crippen molar-refractivity contribution in [2.75, 3.05) is 5.32 Å². The Morgan fingerprint density at radius 1 is 1.32 bits per heavy atom. The van der Waals surface area contributed by atoms with E-state index >= 15 is 0 Å². The highest BCUT2D eigenvalue weighted by Crippen LogP contribution is 2.31. The van der Waals surface area contributed by atoms with Crippen molar-refractivity contribution in [2.45, 2.75) is 31.2 Å². The molecule has 6 nitrogen and oxygen atoms in total. The van der Waals surface area contributed by atoms with Gasteiger partial charge in [-0.2, -0.15) is 0 Å². The average Bonchev–Trinajstić information content (AvgIpc) is 2.40. The van der Waals surface area contributed by atoms with Gasteiger partial charge >= 0.3 is 5.97 Å². The van der Waals surface area contributed by atoms with E-state index in [1.807, 2.05) is 0 Å². The first-order valence-corrected chi connectivity index (χ1v) is 6.24. The third kappa shape index (κ3) is 3.08. The number of nitrogens with one attached hydrogen (secondary N) is 1. The van der Waals surface area contributed by atoms with Crippen LogP contribution in [-0.4, -0.2) is 27.5 Å². The minimum Gasteiger partial charge on any atom is -0.480 e. The number of rotatable bonds is 3. The van der Waals surface area contributed by atoms with E-state index in [9.17, 15) is 9.59 Å². The van der Waals surface area contributed by atoms with Crippen molar-refractivity contribution in [1.82, 2.24) is 4.98 Å². The summed E-state index contributed by atoms with van der Waals surface area (Å²) >= 11 is 0. The Bertz CT molecular complexity index is 467. The van der Waals surface area contributed by atoms with Gasteiger partial charge in [-0.15, -0.1) is 0 Å². The van der Waals surface area contributed by atoms with Crippen LogP contribution in [0.4, 0.5) is 5.69 Å². The highest BCUT2D eigenvalue weighted by atomic mass is 16.4. The van der Waals surface area contributed by atoms with Gasteiger partial charge in [-0.25, -0.2) is 0 Å². The maximum Gasteiger partial charge on any atom is 0.323 e. The molecule has 4 N–H and O–H groups in total. The number of hydrogen-bond acceptors (Lipinski definition) is 4. The van der Waals surface area contributed by atoms with Crippen LogP contribution in [0.1, 0.15) is 25.7 Å². The molecule has 0 bridgehead atoms. The van der Waals surface area contributed by atoms with Crippen LogP contribution in [0.25, 0.3) is 0 Å². The second-order valence-electron chi connectivity index (χ2n) is 4.96. The fourth-order valence-corrected chi connectivity index (χ4v) is 2.29. The van der Waals surface area contributed by atoms with E-state index in [1.165, 1.54) is 0 Å². The molecule has 2 rings (SSSR count). The molecule has 0 atom stereocenters. The third-order valence-electron chi connectivity index (χ3n) is 3.62. The highest BCUT2D eigenvalue weighted by Gasteiger charge is 2.40. The second-order valence-corrected chi connectivity index (χ2v) is 4.96. The Hall–Kier alpha value is -1.95. The molecule has 1 fully saturated rings. The Balaban J connectivity index is 1.91. The molecule has 1 aliphatic carbocycles. The lowest BCUT2D eigenvalue weighted by Crippen LogP contribution is -2.51. The number of nitrogens with zero attached hydrogens (tertiary/aromatic N) is 1. The number of carbonyl (C=O) groups excluding carboxylic acids is 1. The quantitative estimate of drug-likeness (QED) is 0.754. The lowest BCUT2D eigenvalue weighted by Gasteiger charge is -2.32. The van der Waals surface area contributed by atoms with Crippen molar-refractivity contribution in [1.29, 1.82) is 0 Å². The van der Waals surface area contributed by atoms with Crippen LogP contribution in [0.3, 0.4) is 0 Å². The normalized spacial score (nSPS) is 26.7. The van der Waals surface area contributed by atoms with Crippen molar-refractivity contribution in [3.05, 3.63) is 24.5 Å². The molecule has 1 aliphatic rings. The molecule has 6 heteroatoms. The van der Waals surface area contributed by atoms with Crippen LogP contribution < -0.4 is 11.1 Å². The maximum atomic E-state index is 12.0. The van der Waals surface area contributed by atoms with Crippen molar-refractivity contribution >= 4 is 17.6 Å². The predicted octanol–water partition coefficient (Wildman–Crippen LogP) is 0.992. The van der Waals surface area contributed by atoms with E-state index in [0.29, 0.717) is 31.4 Å². The van der Waals surface area contributed by atoms with E-state index < -0.39 is 11.5 Å². The van der Waals surface area contributed by atoms with Gasteiger partial charge in [0.05, 0.1) is 0 Å². The lowest BCUT2D eigenvalue weighted by molar-refractivity contribution is -0.145. The Morgan fingerprint density at radius 3 is 2.42 bits per heavy atom. The van der Waals surface area contributed by atoms with Crippen molar-refractivity contribution in [3.63, 3.8) is 0 Å². The first kappa shape index (κ1) is 13.5. The minimum absolute atomic E-state index is 0.0846. The molecule has 0 aliphatic heterocycles. The number of pyridine rings is 1. The molecule has 0 unspecified atom stereocenters. The number of hydrogen-bond donors (Lipinski definition) is 3. The largest absolute Gasteiger partial charge is 0.480 e. The van der Waals surface area contributed by atoms with Gasteiger partial charge in [0.25, 0.3) is 0 Å². The van der Waals surface area contributed by atoms with E-state index in [2.05, 4.69) is 10.3 Å². The number of aromatic nitrogens is 1. The number of amides is 1. The van der Waals surface area contributed by atoms with Gasteiger partial charge in [0, 0.05) is 24.0 Å². The van der Waals surface area contributed by atoms with Gasteiger partial charge in [-0.3, -0.25) is 14.6 Å². The fourth-order valence-electron chi connectivity index (χ4n) is 2.29. The van der Waals surface area contributed by atoms with Crippen LogP contribution in [0, 0.1) is 5.92 Å². The lowest BCUT2D eigenvalue weighted by atomic mass is 9.77. The number of aliphatic carboxylic acids is 1. The standard InChI is InChI=1S/C13H17N3O3/c14-13(12(18)19)5-1-9(2-6-13)11(17)16-10-3-7-15-8-4-10/h3-4,7-9H,1-2,5-6,14H2,(H,18,19)(H,15,16,17). The van der Waals surface area contributed by atoms with E-state index in [-0.39, 0.29) is 11.8 Å². The van der Waals surface area contributed by atoms with Gasteiger partial charge < -0.3 is 16.2 Å². The SMILES string of the molecule is NC1(C(=O)O)CCC(C(=O)Nc2ccncc2)CC1. The summed E-state index contributed by atoms with van der Waals surface area (Å²) in [5.74, 6) is -1.25. The molecule has 1 aromatic heterocycles. The summed E-state index contributed by atoms with van der Waals surface area (Å²) in [5.41, 5.74) is 5.30. The summed E-state index contributed by atoms with van der Waals surface area (Å²) in [6.07, 6.45) is 4.87. The molecule has 1 aromatic rings. The molecule has 102 valence electrons. The number of carbonyl (C=O) groups is 2. The van der Waals surface area contributed by atoms with Crippen molar-refractivity contribution in [3.8, 4) is 0 Å². The molecule has 0 aromatic carbocycles. The first-order valence-electron chi connectivity index (χ1n) is 6.24. The summed E-state index contributed by atoms with van der Waals surface area (Å²) in [6.45, 7) is 0. The summed E-state index contributed by atoms with van der Waals surface area (Å²) in [4.78, 5) is 26.9. The molecular weight excluding hydrogens is 246 g/mol. The molecule has 0 spiro atoms. The van der Waals surface area contributed by atoms with E-state index in [4.69, 9.17) is 10.8 Å². The Labute approximate surface area is 111 Å². The Morgan fingerprint density at radius 2 is 1.89 bits per heavy atom. The van der Waals surface area contributed by atoms with Crippen molar-refractivity contribution < 1.29 is 14.7 Å². The third-order valence-corrected chi connectivity index (χ3v) is 3.62. The zero-order valence-corrected chi connectivity index (χ0v) is 10.5. The number of carboxylic acid groups (broad SMARTS) is 1. The van der Waals surface area contributed by atoms with Gasteiger partial charge in [0.15, 0.2) is 0 Å². The zero-order valence-electron chi connectivity index (χ0n) is 10.5. The molecule has 1 saturated carbocycles. The summed E-state index contributed by atoms with van der Waals surface area (Å²) in [6, 6.07) is 3.43. The average molecular weight is 263 g/mol. The van der Waals surface area contributed by atoms with Gasteiger partial charge in [-0.1, -0.05) is 0 Å². The van der Waals surface area contributed by atoms with Crippen LogP contribution in [-0.2, 0) is 9.59 Å². The molecule has 0 saturated heterocycles. The maximum absolute atomic E-state index is 12.0. The molecule has 0 radical (unpaired) electrons. The van der Waals surface area contributed by atoms with Gasteiger partial charge in [0.2, 0.25) is 5.91 Å². The van der Waals surface area contributed by atoms with Crippen LogP contribution in [0.5, 0.6) is 0 Å². The number of nitrogens with two attached hydrogens (primary N) is 1. The van der Waals surface area contributed by atoms with Crippen LogP contribution in [0.2, 0.25) is 0 Å². The smallest absolute Gasteiger partial charge is 0.323 e. The molecule has 19 heavy (non-hydrogen) atoms. The van der Waals surface area contributed by atoms with Crippen LogP contribution >= 0.6 is 0 Å². The van der Waals surface area contributed by atoms with E-state index in [1.54, 1.807) is 24.5 Å². The van der Waals surface area contributed by atoms with E-state index in [0.717, 1.165) is 0 Å². The minimum atomic E-state index is -1.17. The van der Waals surface area contributed by atoms with Crippen LogP contribution in [0.15, 0.2) is 24.5 Å². The molecule has 1 amide bonds. The first-order chi connectivity index (χ1) is 9.01. The molecular formula is C13H17N3O3. The second kappa shape index (κ2) is 5.36. The summed E-state index contributed by atoms with van der Waals surface area (Å²) < 4.78 is 0. The highest BCUT2D eigenvalue weighted by molar-refractivity contribution is 5.92. The Kier molecular flexibility index (Phi) is 3.80. The van der Waals surface area contributed by atoms with Gasteiger partial charge in [-0.05, 0) is 37.8 Å². The summed E-state index contributed by atoms with van der Waals surface area (Å²) in [5, 5.41) is 11.8. The predicted molar refractivity (Wildman–Crippen MR) is 69.4 cm³/mol. The number of carboxylic acids is 1. The van der Waals surface area contributed by atoms with Crippen molar-refractivity contribution in [2.24, 2.45) is 11.7 Å². The van der Waals surface area contributed by atoms with Gasteiger partial charge in [0.1, 0.15) is 5.54 Å². The molecule has 1 heterocycles. The summed E-state index contributed by atoms with van der Waals surface area (Å²) in [7, 11) is 0. The topological polar surface area (TPSA) is 105 Å². The monoisotopic (exact) mass is 263 g/mol. The number of anilines is 1. The fraction of sp³-hybridized carbons (Fsp3) is 0.462.